The lowest BCUT2D eigenvalue weighted by molar-refractivity contribution is 0.0835. The van der Waals surface area contributed by atoms with Crippen LogP contribution in [0.4, 0.5) is 0 Å². The second-order valence-corrected chi connectivity index (χ2v) is 6.23. The van der Waals surface area contributed by atoms with Crippen LogP contribution in [0.15, 0.2) is 28.9 Å². The predicted octanol–water partition coefficient (Wildman–Crippen LogP) is 1.62. The molecule has 0 spiro atoms. The first-order valence-corrected chi connectivity index (χ1v) is 8.60. The molecule has 2 N–H and O–H groups in total. The first kappa shape index (κ1) is 16.5. The number of ether oxygens (including phenoxy) is 1. The molecule has 9 heteroatoms. The van der Waals surface area contributed by atoms with E-state index in [1.165, 1.54) is 0 Å². The lowest BCUT2D eigenvalue weighted by Gasteiger charge is -2.01. The van der Waals surface area contributed by atoms with Crippen molar-refractivity contribution in [2.75, 3.05) is 13.2 Å². The largest absolute Gasteiger partial charge is 0.368 e. The first-order valence-electron chi connectivity index (χ1n) is 8.60. The molecule has 3 aromatic heterocycles. The number of nitrogens with one attached hydrogen (secondary N) is 2. The van der Waals surface area contributed by atoms with Crippen LogP contribution in [-0.4, -0.2) is 44.0 Å². The van der Waals surface area contributed by atoms with Gasteiger partial charge in [0, 0.05) is 32.8 Å². The van der Waals surface area contributed by atoms with E-state index in [1.807, 2.05) is 29.9 Å². The predicted molar refractivity (Wildman–Crippen MR) is 91.3 cm³/mol. The van der Waals surface area contributed by atoms with Crippen molar-refractivity contribution in [3.8, 4) is 11.4 Å². The molecule has 1 aliphatic heterocycles. The van der Waals surface area contributed by atoms with Gasteiger partial charge in [-0.15, -0.1) is 0 Å². The smallest absolute Gasteiger partial charge is 0.269 e. The molecular weight excluding hydrogens is 336 g/mol. The molecule has 0 aromatic carbocycles. The summed E-state index contributed by atoms with van der Waals surface area (Å²) in [6.07, 6.45) is 4.24. The van der Waals surface area contributed by atoms with E-state index in [0.29, 0.717) is 30.4 Å². The van der Waals surface area contributed by atoms with Crippen LogP contribution in [-0.2, 0) is 18.2 Å². The molecule has 1 amide bonds. The fourth-order valence-electron chi connectivity index (χ4n) is 2.95. The van der Waals surface area contributed by atoms with Crippen molar-refractivity contribution < 1.29 is 14.1 Å². The number of amides is 1. The van der Waals surface area contributed by atoms with Crippen LogP contribution in [0.1, 0.15) is 41.1 Å². The van der Waals surface area contributed by atoms with Gasteiger partial charge in [0.25, 0.3) is 11.8 Å². The van der Waals surface area contributed by atoms with E-state index in [9.17, 15) is 4.79 Å². The van der Waals surface area contributed by atoms with Crippen molar-refractivity contribution in [2.24, 2.45) is 7.05 Å². The molecule has 0 aliphatic carbocycles. The number of H-pyrrole nitrogens is 1. The minimum absolute atomic E-state index is 0.0910. The molecule has 26 heavy (non-hydrogen) atoms. The number of aromatic amines is 1. The molecule has 1 fully saturated rings. The number of aromatic nitrogens is 5. The lowest BCUT2D eigenvalue weighted by Crippen LogP contribution is -2.26. The Kier molecular flexibility index (Phi) is 4.53. The third-order valence-corrected chi connectivity index (χ3v) is 4.35. The highest BCUT2D eigenvalue weighted by molar-refractivity contribution is 5.93. The molecular formula is C17H20N6O3. The standard InChI is InChI=1S/C17H20N6O3/c1-23-8-2-4-13(23)11-10-12(21-20-11)16(24)18-7-6-15-19-17(26-22-15)14-5-3-9-25-14/h2,4,8,10,14H,3,5-7,9H2,1H3,(H,18,24)(H,20,21)/t14-/m1/s1. The summed E-state index contributed by atoms with van der Waals surface area (Å²) < 4.78 is 12.7. The van der Waals surface area contributed by atoms with Gasteiger partial charge in [0.15, 0.2) is 5.82 Å². The molecule has 1 atom stereocenters. The molecule has 0 radical (unpaired) electrons. The highest BCUT2D eigenvalue weighted by atomic mass is 16.5. The van der Waals surface area contributed by atoms with Gasteiger partial charge in [-0.25, -0.2) is 0 Å². The topological polar surface area (TPSA) is 111 Å². The number of carbonyl (C=O) groups is 1. The normalized spacial score (nSPS) is 16.9. The minimum atomic E-state index is -0.221. The molecule has 136 valence electrons. The second kappa shape index (κ2) is 7.12. The van der Waals surface area contributed by atoms with Crippen LogP contribution < -0.4 is 5.32 Å². The Morgan fingerprint density at radius 2 is 2.42 bits per heavy atom. The van der Waals surface area contributed by atoms with Crippen molar-refractivity contribution in [3.05, 3.63) is 41.8 Å². The highest BCUT2D eigenvalue weighted by Crippen LogP contribution is 2.26. The van der Waals surface area contributed by atoms with Crippen LogP contribution in [0.3, 0.4) is 0 Å². The summed E-state index contributed by atoms with van der Waals surface area (Å²) >= 11 is 0. The number of rotatable bonds is 6. The van der Waals surface area contributed by atoms with Crippen molar-refractivity contribution in [2.45, 2.75) is 25.4 Å². The lowest BCUT2D eigenvalue weighted by atomic mass is 10.2. The van der Waals surface area contributed by atoms with E-state index in [1.54, 1.807) is 6.07 Å². The van der Waals surface area contributed by atoms with Gasteiger partial charge in [0.05, 0.1) is 5.69 Å². The zero-order chi connectivity index (χ0) is 17.9. The van der Waals surface area contributed by atoms with Crippen LogP contribution >= 0.6 is 0 Å². The van der Waals surface area contributed by atoms with Crippen LogP contribution in [0.2, 0.25) is 0 Å². The molecule has 0 bridgehead atoms. The maximum atomic E-state index is 12.2. The van der Waals surface area contributed by atoms with Crippen molar-refractivity contribution >= 4 is 5.91 Å². The quantitative estimate of drug-likeness (QED) is 0.694. The summed E-state index contributed by atoms with van der Waals surface area (Å²) in [5, 5.41) is 13.7. The summed E-state index contributed by atoms with van der Waals surface area (Å²) in [7, 11) is 1.93. The van der Waals surface area contributed by atoms with Crippen LogP contribution in [0.25, 0.3) is 11.4 Å². The summed E-state index contributed by atoms with van der Waals surface area (Å²) in [4.78, 5) is 16.6. The van der Waals surface area contributed by atoms with E-state index in [0.717, 1.165) is 30.8 Å². The molecule has 9 nitrogen and oxygen atoms in total. The Morgan fingerprint density at radius 3 is 3.19 bits per heavy atom. The second-order valence-electron chi connectivity index (χ2n) is 6.23. The average molecular weight is 356 g/mol. The van der Waals surface area contributed by atoms with Crippen molar-refractivity contribution in [1.82, 2.24) is 30.2 Å². The van der Waals surface area contributed by atoms with Gasteiger partial charge < -0.3 is 19.1 Å². The molecule has 1 aliphatic rings. The number of hydrogen-bond acceptors (Lipinski definition) is 6. The van der Waals surface area contributed by atoms with Gasteiger partial charge in [0.1, 0.15) is 17.5 Å². The Labute approximate surface area is 149 Å². The Balaban J connectivity index is 1.30. The van der Waals surface area contributed by atoms with E-state index in [4.69, 9.17) is 9.26 Å². The molecule has 4 heterocycles. The molecule has 4 rings (SSSR count). The highest BCUT2D eigenvalue weighted by Gasteiger charge is 2.23. The zero-order valence-electron chi connectivity index (χ0n) is 14.4. The van der Waals surface area contributed by atoms with Gasteiger partial charge in [0.2, 0.25) is 0 Å². The molecule has 0 unspecified atom stereocenters. The Bertz CT molecular complexity index is 890. The summed E-state index contributed by atoms with van der Waals surface area (Å²) in [6, 6.07) is 5.61. The fraction of sp³-hybridized carbons (Fsp3) is 0.412. The fourth-order valence-corrected chi connectivity index (χ4v) is 2.95. The van der Waals surface area contributed by atoms with Gasteiger partial charge in [-0.05, 0) is 31.0 Å². The zero-order valence-corrected chi connectivity index (χ0v) is 14.4. The van der Waals surface area contributed by atoms with Crippen LogP contribution in [0.5, 0.6) is 0 Å². The van der Waals surface area contributed by atoms with Crippen molar-refractivity contribution in [3.63, 3.8) is 0 Å². The summed E-state index contributed by atoms with van der Waals surface area (Å²) in [6.45, 7) is 1.13. The number of carbonyl (C=O) groups excluding carboxylic acids is 1. The Hall–Kier alpha value is -2.94. The maximum Gasteiger partial charge on any atom is 0.269 e. The molecule has 3 aromatic rings. The average Bonchev–Trinajstić information content (AvgIpc) is 3.41. The Morgan fingerprint density at radius 1 is 1.50 bits per heavy atom. The third kappa shape index (κ3) is 3.38. The minimum Gasteiger partial charge on any atom is -0.368 e. The number of hydrogen-bond donors (Lipinski definition) is 2. The van der Waals surface area contributed by atoms with E-state index in [-0.39, 0.29) is 12.0 Å². The molecule has 0 saturated carbocycles. The van der Waals surface area contributed by atoms with Crippen molar-refractivity contribution in [1.29, 1.82) is 0 Å². The SMILES string of the molecule is Cn1cccc1-c1cc(C(=O)NCCc2noc([C@H]3CCCO3)n2)[nH]n1. The van der Waals surface area contributed by atoms with Crippen LogP contribution in [0, 0.1) is 0 Å². The number of aryl methyl sites for hydroxylation is 1. The van der Waals surface area contributed by atoms with Gasteiger partial charge in [-0.3, -0.25) is 9.89 Å². The summed E-state index contributed by atoms with van der Waals surface area (Å²) in [5.41, 5.74) is 2.07. The first-order chi connectivity index (χ1) is 12.7. The molecule has 1 saturated heterocycles. The van der Waals surface area contributed by atoms with Gasteiger partial charge in [-0.1, -0.05) is 5.16 Å². The third-order valence-electron chi connectivity index (χ3n) is 4.35. The number of nitrogens with zero attached hydrogens (tertiary/aromatic N) is 4. The monoisotopic (exact) mass is 356 g/mol. The van der Waals surface area contributed by atoms with Gasteiger partial charge >= 0.3 is 0 Å². The van der Waals surface area contributed by atoms with Gasteiger partial charge in [-0.2, -0.15) is 10.1 Å². The maximum absolute atomic E-state index is 12.2. The van der Waals surface area contributed by atoms with E-state index >= 15 is 0 Å². The summed E-state index contributed by atoms with van der Waals surface area (Å²) in [5.74, 6) is 0.857. The van der Waals surface area contributed by atoms with E-state index < -0.39 is 0 Å². The van der Waals surface area contributed by atoms with E-state index in [2.05, 4.69) is 25.7 Å².